The van der Waals surface area contributed by atoms with Crippen LogP contribution in [0.3, 0.4) is 0 Å². The van der Waals surface area contributed by atoms with Gasteiger partial charge in [-0.25, -0.2) is 0 Å². The van der Waals surface area contributed by atoms with Crippen LogP contribution in [0.4, 0.5) is 5.69 Å². The molecule has 0 amide bonds. The molecule has 1 nitrogen and oxygen atoms in total. The van der Waals surface area contributed by atoms with Crippen molar-refractivity contribution in [3.63, 3.8) is 0 Å². The SMILES string of the molecule is Cc1ccc(-c2cc3cc(N)ccc3s2)cc1. The van der Waals surface area contributed by atoms with Gasteiger partial charge in [-0.2, -0.15) is 0 Å². The molecule has 0 radical (unpaired) electrons. The number of hydrogen-bond donors (Lipinski definition) is 1. The maximum Gasteiger partial charge on any atom is 0.0355 e. The molecule has 0 saturated carbocycles. The molecule has 3 aromatic rings. The molecule has 0 bridgehead atoms. The van der Waals surface area contributed by atoms with Crippen LogP contribution < -0.4 is 5.73 Å². The zero-order valence-electron chi connectivity index (χ0n) is 9.60. The topological polar surface area (TPSA) is 26.0 Å². The summed E-state index contributed by atoms with van der Waals surface area (Å²) < 4.78 is 1.29. The Morgan fingerprint density at radius 3 is 2.47 bits per heavy atom. The van der Waals surface area contributed by atoms with Crippen LogP contribution in [-0.4, -0.2) is 0 Å². The molecule has 2 heteroatoms. The minimum Gasteiger partial charge on any atom is -0.399 e. The summed E-state index contributed by atoms with van der Waals surface area (Å²) in [6, 6.07) is 16.9. The fourth-order valence-corrected chi connectivity index (χ4v) is 2.97. The molecular weight excluding hydrogens is 226 g/mol. The first-order chi connectivity index (χ1) is 8.22. The van der Waals surface area contributed by atoms with E-state index in [9.17, 15) is 0 Å². The average molecular weight is 239 g/mol. The minimum absolute atomic E-state index is 0.825. The number of aryl methyl sites for hydroxylation is 1. The van der Waals surface area contributed by atoms with E-state index >= 15 is 0 Å². The van der Waals surface area contributed by atoms with Gasteiger partial charge in [0.2, 0.25) is 0 Å². The minimum atomic E-state index is 0.825. The van der Waals surface area contributed by atoms with E-state index in [1.807, 2.05) is 23.5 Å². The van der Waals surface area contributed by atoms with Gasteiger partial charge in [-0.05, 0) is 42.1 Å². The van der Waals surface area contributed by atoms with E-state index in [4.69, 9.17) is 5.73 Å². The molecule has 0 aliphatic heterocycles. The second-order valence-corrected chi connectivity index (χ2v) is 5.36. The molecule has 1 aromatic heterocycles. The zero-order valence-corrected chi connectivity index (χ0v) is 10.4. The van der Waals surface area contributed by atoms with Crippen molar-refractivity contribution in [1.29, 1.82) is 0 Å². The monoisotopic (exact) mass is 239 g/mol. The lowest BCUT2D eigenvalue weighted by Crippen LogP contribution is -1.80. The van der Waals surface area contributed by atoms with Crippen molar-refractivity contribution in [2.75, 3.05) is 5.73 Å². The average Bonchev–Trinajstić information content (AvgIpc) is 2.72. The van der Waals surface area contributed by atoms with E-state index in [2.05, 4.69) is 43.3 Å². The Labute approximate surface area is 105 Å². The maximum absolute atomic E-state index is 5.80. The fourth-order valence-electron chi connectivity index (χ4n) is 1.92. The number of nitrogens with two attached hydrogens (primary N) is 1. The zero-order chi connectivity index (χ0) is 11.8. The summed E-state index contributed by atoms with van der Waals surface area (Å²) in [5, 5.41) is 1.23. The highest BCUT2D eigenvalue weighted by Crippen LogP contribution is 2.34. The van der Waals surface area contributed by atoms with Gasteiger partial charge < -0.3 is 5.73 Å². The lowest BCUT2D eigenvalue weighted by atomic mass is 10.1. The van der Waals surface area contributed by atoms with Crippen LogP contribution in [-0.2, 0) is 0 Å². The summed E-state index contributed by atoms with van der Waals surface area (Å²) in [7, 11) is 0. The normalized spacial score (nSPS) is 10.9. The number of fused-ring (bicyclic) bond motifs is 1. The van der Waals surface area contributed by atoms with Gasteiger partial charge in [-0.3, -0.25) is 0 Å². The van der Waals surface area contributed by atoms with Gasteiger partial charge >= 0.3 is 0 Å². The van der Waals surface area contributed by atoms with Crippen molar-refractivity contribution >= 4 is 27.1 Å². The van der Waals surface area contributed by atoms with E-state index in [1.165, 1.54) is 26.1 Å². The van der Waals surface area contributed by atoms with E-state index in [0.29, 0.717) is 0 Å². The van der Waals surface area contributed by atoms with Crippen LogP contribution in [0.15, 0.2) is 48.5 Å². The van der Waals surface area contributed by atoms with Gasteiger partial charge in [-0.1, -0.05) is 29.8 Å². The van der Waals surface area contributed by atoms with Crippen molar-refractivity contribution < 1.29 is 0 Å². The van der Waals surface area contributed by atoms with Gasteiger partial charge in [0, 0.05) is 15.3 Å². The molecule has 0 spiro atoms. The summed E-state index contributed by atoms with van der Waals surface area (Å²) in [6.07, 6.45) is 0. The second-order valence-electron chi connectivity index (χ2n) is 4.27. The molecule has 0 aliphatic rings. The van der Waals surface area contributed by atoms with Crippen molar-refractivity contribution in [3.05, 3.63) is 54.1 Å². The Morgan fingerprint density at radius 2 is 1.71 bits per heavy atom. The van der Waals surface area contributed by atoms with Crippen molar-refractivity contribution in [1.82, 2.24) is 0 Å². The predicted octanol–water partition coefficient (Wildman–Crippen LogP) is 4.46. The van der Waals surface area contributed by atoms with E-state index in [-0.39, 0.29) is 0 Å². The van der Waals surface area contributed by atoms with Crippen LogP contribution in [0.2, 0.25) is 0 Å². The van der Waals surface area contributed by atoms with Gasteiger partial charge in [0.15, 0.2) is 0 Å². The van der Waals surface area contributed by atoms with E-state index in [1.54, 1.807) is 0 Å². The summed E-state index contributed by atoms with van der Waals surface area (Å²) in [6.45, 7) is 2.11. The smallest absolute Gasteiger partial charge is 0.0355 e. The van der Waals surface area contributed by atoms with Gasteiger partial charge in [-0.15, -0.1) is 11.3 Å². The first-order valence-corrected chi connectivity index (χ1v) is 6.40. The van der Waals surface area contributed by atoms with E-state index < -0.39 is 0 Å². The standard InChI is InChI=1S/C15H13NS/c1-10-2-4-11(5-3-10)15-9-12-8-13(16)6-7-14(12)17-15/h2-9H,16H2,1H3. The Hall–Kier alpha value is -1.80. The summed E-state index contributed by atoms with van der Waals surface area (Å²) >= 11 is 1.81. The Bertz CT molecular complexity index is 665. The Morgan fingerprint density at radius 1 is 0.941 bits per heavy atom. The van der Waals surface area contributed by atoms with Crippen LogP contribution in [0.1, 0.15) is 5.56 Å². The first kappa shape index (κ1) is 10.4. The first-order valence-electron chi connectivity index (χ1n) is 5.58. The third kappa shape index (κ3) is 1.92. The van der Waals surface area contributed by atoms with Gasteiger partial charge in [0.05, 0.1) is 0 Å². The van der Waals surface area contributed by atoms with Crippen LogP contribution in [0.5, 0.6) is 0 Å². The number of benzene rings is 2. The Kier molecular flexibility index (Phi) is 2.37. The molecule has 0 saturated heterocycles. The van der Waals surface area contributed by atoms with E-state index in [0.717, 1.165) is 5.69 Å². The molecule has 0 unspecified atom stereocenters. The largest absolute Gasteiger partial charge is 0.399 e. The van der Waals surface area contributed by atoms with Crippen molar-refractivity contribution in [2.45, 2.75) is 6.92 Å². The lowest BCUT2D eigenvalue weighted by Gasteiger charge is -1.96. The van der Waals surface area contributed by atoms with Crippen LogP contribution in [0, 0.1) is 6.92 Å². The molecule has 2 N–H and O–H groups in total. The maximum atomic E-state index is 5.80. The second kappa shape index (κ2) is 3.90. The number of hydrogen-bond acceptors (Lipinski definition) is 2. The third-order valence-electron chi connectivity index (χ3n) is 2.88. The molecule has 84 valence electrons. The highest BCUT2D eigenvalue weighted by atomic mass is 32.1. The van der Waals surface area contributed by atoms with Crippen LogP contribution in [0.25, 0.3) is 20.5 Å². The summed E-state index contributed by atoms with van der Waals surface area (Å²) in [5.41, 5.74) is 9.19. The molecule has 0 atom stereocenters. The summed E-state index contributed by atoms with van der Waals surface area (Å²) in [5.74, 6) is 0. The number of nitrogen functional groups attached to an aromatic ring is 1. The van der Waals surface area contributed by atoms with Crippen LogP contribution >= 0.6 is 11.3 Å². The van der Waals surface area contributed by atoms with Crippen molar-refractivity contribution in [3.8, 4) is 10.4 Å². The molecule has 2 aromatic carbocycles. The molecule has 17 heavy (non-hydrogen) atoms. The molecule has 3 rings (SSSR count). The third-order valence-corrected chi connectivity index (χ3v) is 4.04. The number of thiophene rings is 1. The predicted molar refractivity (Wildman–Crippen MR) is 76.4 cm³/mol. The number of rotatable bonds is 1. The lowest BCUT2D eigenvalue weighted by molar-refractivity contribution is 1.48. The summed E-state index contributed by atoms with van der Waals surface area (Å²) in [4.78, 5) is 1.30. The molecule has 0 aliphatic carbocycles. The van der Waals surface area contributed by atoms with Gasteiger partial charge in [0.25, 0.3) is 0 Å². The molecule has 1 heterocycles. The fraction of sp³-hybridized carbons (Fsp3) is 0.0667. The molecule has 0 fully saturated rings. The quantitative estimate of drug-likeness (QED) is 0.623. The molecular formula is C15H13NS. The van der Waals surface area contributed by atoms with Gasteiger partial charge in [0.1, 0.15) is 0 Å². The highest BCUT2D eigenvalue weighted by Gasteiger charge is 2.04. The highest BCUT2D eigenvalue weighted by molar-refractivity contribution is 7.22. The van der Waals surface area contributed by atoms with Crippen molar-refractivity contribution in [2.24, 2.45) is 0 Å². The Balaban J connectivity index is 2.14. The number of anilines is 1.